The molecule has 5 rings (SSSR count). The largest absolute Gasteiger partial charge is 0.393 e. The Hall–Kier alpha value is -0.0400. The zero-order valence-corrected chi connectivity index (χ0v) is 21.0. The number of fused-ring (bicyclic) bond motifs is 2. The van der Waals surface area contributed by atoms with Gasteiger partial charge >= 0.3 is 0 Å². The van der Waals surface area contributed by atoms with E-state index < -0.39 is 0 Å². The minimum Gasteiger partial charge on any atom is -0.393 e. The van der Waals surface area contributed by atoms with Gasteiger partial charge < -0.3 is 5.11 Å². The fraction of sp³-hybridized carbons (Fsp3) is 1.00. The SMILES string of the molecule is CC(C)[C@@H](C)CC[C@@H](C)[C@H]1CCC2(C)[C@@H]3CC[C@H]4C[C@@H](O)CCC45CC35CC[C@]12C. The maximum Gasteiger partial charge on any atom is 0.0543 e. The lowest BCUT2D eigenvalue weighted by atomic mass is 9.43. The highest BCUT2D eigenvalue weighted by molar-refractivity contribution is 5.29. The molecule has 0 amide bonds. The Kier molecular flexibility index (Phi) is 5.07. The van der Waals surface area contributed by atoms with Gasteiger partial charge in [-0.25, -0.2) is 0 Å². The summed E-state index contributed by atoms with van der Waals surface area (Å²) < 4.78 is 0. The summed E-state index contributed by atoms with van der Waals surface area (Å²) in [6, 6.07) is 0. The molecule has 10 atom stereocenters. The highest BCUT2D eigenvalue weighted by atomic mass is 16.3. The molecule has 0 saturated heterocycles. The normalized spacial score (nSPS) is 54.0. The first-order valence-electron chi connectivity index (χ1n) is 13.8. The van der Waals surface area contributed by atoms with Gasteiger partial charge in [0.05, 0.1) is 6.10 Å². The minimum absolute atomic E-state index is 0.00390. The van der Waals surface area contributed by atoms with E-state index in [9.17, 15) is 5.11 Å². The Morgan fingerprint density at radius 3 is 2.30 bits per heavy atom. The van der Waals surface area contributed by atoms with E-state index in [0.29, 0.717) is 21.7 Å². The van der Waals surface area contributed by atoms with E-state index in [2.05, 4.69) is 41.5 Å². The molecular formula is C29H50O. The Bertz CT molecular complexity index is 669. The van der Waals surface area contributed by atoms with Crippen LogP contribution in [-0.4, -0.2) is 11.2 Å². The van der Waals surface area contributed by atoms with E-state index in [1.54, 1.807) is 0 Å². The summed E-state index contributed by atoms with van der Waals surface area (Å²) >= 11 is 0. The number of aliphatic hydroxyl groups excluding tert-OH is 1. The molecule has 172 valence electrons. The molecule has 0 aliphatic heterocycles. The maximum absolute atomic E-state index is 10.3. The third kappa shape index (κ3) is 2.69. The lowest BCUT2D eigenvalue weighted by molar-refractivity contribution is -0.133. The van der Waals surface area contributed by atoms with Crippen molar-refractivity contribution in [2.24, 2.45) is 57.2 Å². The van der Waals surface area contributed by atoms with Crippen molar-refractivity contribution in [1.82, 2.24) is 0 Å². The predicted octanol–water partition coefficient (Wildman–Crippen LogP) is 7.86. The van der Waals surface area contributed by atoms with Crippen molar-refractivity contribution in [2.45, 2.75) is 125 Å². The van der Waals surface area contributed by atoms with Crippen LogP contribution in [0.5, 0.6) is 0 Å². The minimum atomic E-state index is 0.00390. The molecule has 0 aromatic heterocycles. The number of hydrogen-bond acceptors (Lipinski definition) is 1. The summed E-state index contributed by atoms with van der Waals surface area (Å²) in [6.07, 6.45) is 16.8. The summed E-state index contributed by atoms with van der Waals surface area (Å²) in [4.78, 5) is 0. The first-order chi connectivity index (χ1) is 14.1. The topological polar surface area (TPSA) is 20.2 Å². The van der Waals surface area contributed by atoms with E-state index in [4.69, 9.17) is 0 Å². The fourth-order valence-corrected chi connectivity index (χ4v) is 10.6. The maximum atomic E-state index is 10.3. The van der Waals surface area contributed by atoms with Crippen LogP contribution < -0.4 is 0 Å². The van der Waals surface area contributed by atoms with Gasteiger partial charge in [-0.05, 0) is 121 Å². The van der Waals surface area contributed by atoms with Gasteiger partial charge in [0.25, 0.3) is 0 Å². The van der Waals surface area contributed by atoms with Gasteiger partial charge in [0.1, 0.15) is 0 Å². The van der Waals surface area contributed by atoms with E-state index in [1.807, 2.05) is 0 Å². The average molecular weight is 415 g/mol. The molecular weight excluding hydrogens is 364 g/mol. The van der Waals surface area contributed by atoms with Crippen molar-refractivity contribution in [3.8, 4) is 0 Å². The molecule has 0 aromatic rings. The molecule has 1 nitrogen and oxygen atoms in total. The van der Waals surface area contributed by atoms with Crippen LogP contribution in [-0.2, 0) is 0 Å². The van der Waals surface area contributed by atoms with Crippen molar-refractivity contribution in [2.75, 3.05) is 0 Å². The molecule has 5 aliphatic carbocycles. The van der Waals surface area contributed by atoms with Crippen LogP contribution in [0.15, 0.2) is 0 Å². The Balaban J connectivity index is 1.35. The molecule has 1 heteroatoms. The number of rotatable bonds is 5. The molecule has 0 aromatic carbocycles. The van der Waals surface area contributed by atoms with Crippen LogP contribution in [0.25, 0.3) is 0 Å². The van der Waals surface area contributed by atoms with Crippen LogP contribution in [0.2, 0.25) is 0 Å². The van der Waals surface area contributed by atoms with Gasteiger partial charge in [-0.1, -0.05) is 54.4 Å². The molecule has 3 unspecified atom stereocenters. The van der Waals surface area contributed by atoms with E-state index in [0.717, 1.165) is 48.3 Å². The monoisotopic (exact) mass is 414 g/mol. The standard InChI is InChI=1S/C29H50O/c1-19(2)20(3)7-8-21(4)24-12-13-27(6)25-10-9-22-17-23(30)11-14-28(22)18-29(25,28)16-15-26(24,27)5/h19-25,30H,7-18H2,1-6H3/t20-,21+,22-,23-,24+,25-,26+,27?,28?,29?/m0/s1. The highest BCUT2D eigenvalue weighted by Gasteiger charge is 2.80. The van der Waals surface area contributed by atoms with Crippen molar-refractivity contribution >= 4 is 0 Å². The molecule has 5 fully saturated rings. The van der Waals surface area contributed by atoms with Crippen LogP contribution >= 0.6 is 0 Å². The summed E-state index contributed by atoms with van der Waals surface area (Å²) in [5.74, 6) is 5.35. The number of aliphatic hydroxyl groups is 1. The highest BCUT2D eigenvalue weighted by Crippen LogP contribution is 2.87. The molecule has 30 heavy (non-hydrogen) atoms. The van der Waals surface area contributed by atoms with Gasteiger partial charge in [0.2, 0.25) is 0 Å². The summed E-state index contributed by atoms with van der Waals surface area (Å²) in [7, 11) is 0. The lowest BCUT2D eigenvalue weighted by Gasteiger charge is -2.61. The van der Waals surface area contributed by atoms with E-state index in [-0.39, 0.29) is 6.10 Å². The Morgan fingerprint density at radius 1 is 0.800 bits per heavy atom. The van der Waals surface area contributed by atoms with Gasteiger partial charge in [-0.3, -0.25) is 0 Å². The fourth-order valence-electron chi connectivity index (χ4n) is 10.6. The summed E-state index contributed by atoms with van der Waals surface area (Å²) in [5.41, 5.74) is 2.46. The van der Waals surface area contributed by atoms with Crippen molar-refractivity contribution < 1.29 is 5.11 Å². The van der Waals surface area contributed by atoms with Crippen LogP contribution in [0, 0.1) is 57.2 Å². The van der Waals surface area contributed by atoms with Gasteiger partial charge in [0, 0.05) is 0 Å². The molecule has 0 heterocycles. The zero-order chi connectivity index (χ0) is 21.5. The molecule has 0 bridgehead atoms. The smallest absolute Gasteiger partial charge is 0.0543 e. The molecule has 5 saturated carbocycles. The van der Waals surface area contributed by atoms with Crippen LogP contribution in [0.1, 0.15) is 119 Å². The summed E-state index contributed by atoms with van der Waals surface area (Å²) in [6.45, 7) is 15.4. The first kappa shape index (κ1) is 21.8. The van der Waals surface area contributed by atoms with Gasteiger partial charge in [-0.15, -0.1) is 0 Å². The predicted molar refractivity (Wildman–Crippen MR) is 126 cm³/mol. The third-order valence-electron chi connectivity index (χ3n) is 13.1. The quantitative estimate of drug-likeness (QED) is 0.485. The second-order valence-electron chi connectivity index (χ2n) is 14.0. The third-order valence-corrected chi connectivity index (χ3v) is 13.1. The zero-order valence-electron chi connectivity index (χ0n) is 21.0. The first-order valence-corrected chi connectivity index (χ1v) is 13.8. The van der Waals surface area contributed by atoms with Crippen molar-refractivity contribution in [1.29, 1.82) is 0 Å². The Labute approximate surface area is 187 Å². The lowest BCUT2D eigenvalue weighted by Crippen LogP contribution is -2.55. The van der Waals surface area contributed by atoms with E-state index in [1.165, 1.54) is 64.2 Å². The van der Waals surface area contributed by atoms with E-state index >= 15 is 0 Å². The molecule has 5 aliphatic rings. The van der Waals surface area contributed by atoms with Crippen LogP contribution in [0.4, 0.5) is 0 Å². The Morgan fingerprint density at radius 2 is 1.57 bits per heavy atom. The summed E-state index contributed by atoms with van der Waals surface area (Å²) in [5, 5.41) is 10.3. The molecule has 2 spiro atoms. The second kappa shape index (κ2) is 6.98. The average Bonchev–Trinajstić information content (AvgIpc) is 3.28. The second-order valence-corrected chi connectivity index (χ2v) is 14.0. The van der Waals surface area contributed by atoms with Gasteiger partial charge in [0.15, 0.2) is 0 Å². The molecule has 1 N–H and O–H groups in total. The molecule has 0 radical (unpaired) electrons. The van der Waals surface area contributed by atoms with Crippen molar-refractivity contribution in [3.05, 3.63) is 0 Å². The van der Waals surface area contributed by atoms with Crippen molar-refractivity contribution in [3.63, 3.8) is 0 Å². The number of hydrogen-bond donors (Lipinski definition) is 1. The van der Waals surface area contributed by atoms with Crippen LogP contribution in [0.3, 0.4) is 0 Å². The van der Waals surface area contributed by atoms with Gasteiger partial charge in [-0.2, -0.15) is 0 Å².